The number of nitrogens with zero attached hydrogens (tertiary/aromatic N) is 1. The molecule has 1 amide bonds. The lowest BCUT2D eigenvalue weighted by atomic mass is 9.99. The molecule has 120 valence electrons. The van der Waals surface area contributed by atoms with Crippen molar-refractivity contribution in [2.24, 2.45) is 0 Å². The highest BCUT2D eigenvalue weighted by molar-refractivity contribution is 6.30. The molecule has 0 spiro atoms. The van der Waals surface area contributed by atoms with Crippen LogP contribution in [0.25, 0.3) is 0 Å². The molecule has 0 saturated heterocycles. The Bertz CT molecular complexity index is 838. The molecule has 1 aromatic heterocycles. The van der Waals surface area contributed by atoms with Gasteiger partial charge in [0.2, 0.25) is 0 Å². The highest BCUT2D eigenvalue weighted by atomic mass is 35.5. The zero-order valence-corrected chi connectivity index (χ0v) is 13.4. The van der Waals surface area contributed by atoms with Gasteiger partial charge in [-0.25, -0.2) is 4.39 Å². The van der Waals surface area contributed by atoms with E-state index in [0.717, 1.165) is 11.1 Å². The fourth-order valence-electron chi connectivity index (χ4n) is 2.42. The van der Waals surface area contributed by atoms with Crippen LogP contribution in [0, 0.1) is 5.82 Å². The number of rotatable bonds is 4. The Balaban J connectivity index is 1.95. The second kappa shape index (κ2) is 7.23. The van der Waals surface area contributed by atoms with E-state index in [2.05, 4.69) is 10.3 Å². The number of aromatic nitrogens is 1. The maximum Gasteiger partial charge on any atom is 0.255 e. The summed E-state index contributed by atoms with van der Waals surface area (Å²) in [5.74, 6) is -1.05. The van der Waals surface area contributed by atoms with Gasteiger partial charge in [0.05, 0.1) is 11.6 Å². The quantitative estimate of drug-likeness (QED) is 0.765. The van der Waals surface area contributed by atoms with Gasteiger partial charge >= 0.3 is 0 Å². The van der Waals surface area contributed by atoms with Crippen LogP contribution in [-0.4, -0.2) is 10.9 Å². The van der Waals surface area contributed by atoms with Crippen LogP contribution >= 0.6 is 11.6 Å². The Morgan fingerprint density at radius 2 is 1.75 bits per heavy atom. The molecule has 1 heterocycles. The van der Waals surface area contributed by atoms with Gasteiger partial charge in [-0.3, -0.25) is 9.78 Å². The molecule has 0 fully saturated rings. The molecule has 0 aliphatic carbocycles. The summed E-state index contributed by atoms with van der Waals surface area (Å²) < 4.78 is 13.9. The minimum Gasteiger partial charge on any atom is -0.341 e. The minimum atomic E-state index is -0.559. The number of carbonyl (C=O) groups is 1. The van der Waals surface area contributed by atoms with Crippen molar-refractivity contribution in [1.82, 2.24) is 10.3 Å². The van der Waals surface area contributed by atoms with Crippen molar-refractivity contribution in [2.45, 2.75) is 6.04 Å². The van der Waals surface area contributed by atoms with Crippen LogP contribution in [0.1, 0.15) is 27.5 Å². The SMILES string of the molecule is O=C(N[C@H](c1ccc(Cl)cc1)c1cccnc1)c1ccccc1F. The van der Waals surface area contributed by atoms with Gasteiger partial charge in [0.1, 0.15) is 5.82 Å². The fourth-order valence-corrected chi connectivity index (χ4v) is 2.54. The highest BCUT2D eigenvalue weighted by Crippen LogP contribution is 2.23. The summed E-state index contributed by atoms with van der Waals surface area (Å²) in [6, 6.07) is 16.2. The zero-order chi connectivity index (χ0) is 16.9. The molecule has 3 rings (SSSR count). The predicted octanol–water partition coefficient (Wildman–Crippen LogP) is 4.39. The first-order chi connectivity index (χ1) is 11.6. The lowest BCUT2D eigenvalue weighted by Crippen LogP contribution is -2.30. The van der Waals surface area contributed by atoms with Crippen molar-refractivity contribution in [1.29, 1.82) is 0 Å². The summed E-state index contributed by atoms with van der Waals surface area (Å²) >= 11 is 5.94. The summed E-state index contributed by atoms with van der Waals surface area (Å²) in [5, 5.41) is 3.47. The number of amides is 1. The molecule has 0 saturated carbocycles. The summed E-state index contributed by atoms with van der Waals surface area (Å²) in [7, 11) is 0. The van der Waals surface area contributed by atoms with Gasteiger partial charge in [-0.1, -0.05) is 41.9 Å². The number of hydrogen-bond donors (Lipinski definition) is 1. The summed E-state index contributed by atoms with van der Waals surface area (Å²) in [6.07, 6.45) is 3.32. The standard InChI is InChI=1S/C19H14ClFN2O/c20-15-9-7-13(8-10-15)18(14-4-3-11-22-12-14)23-19(24)16-5-1-2-6-17(16)21/h1-12,18H,(H,23,24)/t18-/m1/s1. The first kappa shape index (κ1) is 16.1. The number of pyridine rings is 1. The number of carbonyl (C=O) groups excluding carboxylic acids is 1. The van der Waals surface area contributed by atoms with Crippen molar-refractivity contribution in [3.8, 4) is 0 Å². The van der Waals surface area contributed by atoms with Gasteiger partial charge in [-0.2, -0.15) is 0 Å². The molecule has 3 aromatic rings. The van der Waals surface area contributed by atoms with Crippen molar-refractivity contribution >= 4 is 17.5 Å². The third-order valence-electron chi connectivity index (χ3n) is 3.62. The Labute approximate surface area is 144 Å². The average Bonchev–Trinajstić information content (AvgIpc) is 2.61. The molecule has 0 unspecified atom stereocenters. The monoisotopic (exact) mass is 340 g/mol. The van der Waals surface area contributed by atoms with E-state index in [4.69, 9.17) is 11.6 Å². The van der Waals surface area contributed by atoms with E-state index < -0.39 is 17.8 Å². The summed E-state index contributed by atoms with van der Waals surface area (Å²) in [6.45, 7) is 0. The van der Waals surface area contributed by atoms with Gasteiger partial charge in [0.15, 0.2) is 0 Å². The van der Waals surface area contributed by atoms with Gasteiger partial charge in [-0.05, 0) is 41.5 Å². The second-order valence-corrected chi connectivity index (χ2v) is 5.66. The zero-order valence-electron chi connectivity index (χ0n) is 12.6. The lowest BCUT2D eigenvalue weighted by Gasteiger charge is -2.20. The van der Waals surface area contributed by atoms with Crippen LogP contribution in [0.5, 0.6) is 0 Å². The van der Waals surface area contributed by atoms with E-state index in [1.54, 1.807) is 42.7 Å². The smallest absolute Gasteiger partial charge is 0.255 e. The maximum absolute atomic E-state index is 13.9. The average molecular weight is 341 g/mol. The number of nitrogens with one attached hydrogen (secondary N) is 1. The normalized spacial score (nSPS) is 11.8. The number of hydrogen-bond acceptors (Lipinski definition) is 2. The van der Waals surface area contributed by atoms with E-state index >= 15 is 0 Å². The Kier molecular flexibility index (Phi) is 4.87. The number of halogens is 2. The Hall–Kier alpha value is -2.72. The van der Waals surface area contributed by atoms with Gasteiger partial charge in [0, 0.05) is 17.4 Å². The lowest BCUT2D eigenvalue weighted by molar-refractivity contribution is 0.0939. The highest BCUT2D eigenvalue weighted by Gasteiger charge is 2.19. The van der Waals surface area contributed by atoms with Crippen molar-refractivity contribution in [2.75, 3.05) is 0 Å². The van der Waals surface area contributed by atoms with Crippen molar-refractivity contribution < 1.29 is 9.18 Å². The van der Waals surface area contributed by atoms with E-state index in [9.17, 15) is 9.18 Å². The fraction of sp³-hybridized carbons (Fsp3) is 0.0526. The molecule has 2 aromatic carbocycles. The molecule has 0 radical (unpaired) electrons. The Morgan fingerprint density at radius 1 is 1.00 bits per heavy atom. The molecular formula is C19H14ClFN2O. The third-order valence-corrected chi connectivity index (χ3v) is 3.87. The first-order valence-electron chi connectivity index (χ1n) is 7.36. The maximum atomic E-state index is 13.9. The van der Waals surface area contributed by atoms with Crippen LogP contribution in [0.2, 0.25) is 5.02 Å². The minimum absolute atomic E-state index is 0.000328. The predicted molar refractivity (Wildman–Crippen MR) is 91.4 cm³/mol. The second-order valence-electron chi connectivity index (χ2n) is 5.22. The van der Waals surface area contributed by atoms with Crippen molar-refractivity contribution in [3.63, 3.8) is 0 Å². The third kappa shape index (κ3) is 3.60. The van der Waals surface area contributed by atoms with E-state index in [1.165, 1.54) is 12.1 Å². The van der Waals surface area contributed by atoms with E-state index in [-0.39, 0.29) is 5.56 Å². The molecule has 5 heteroatoms. The van der Waals surface area contributed by atoms with Gasteiger partial charge in [0.25, 0.3) is 5.91 Å². The largest absolute Gasteiger partial charge is 0.341 e. The molecule has 0 bridgehead atoms. The van der Waals surface area contributed by atoms with Crippen LogP contribution in [-0.2, 0) is 0 Å². The van der Waals surface area contributed by atoms with Gasteiger partial charge in [-0.15, -0.1) is 0 Å². The molecule has 0 aliphatic rings. The van der Waals surface area contributed by atoms with E-state index in [0.29, 0.717) is 5.02 Å². The van der Waals surface area contributed by atoms with Gasteiger partial charge < -0.3 is 5.32 Å². The summed E-state index contributed by atoms with van der Waals surface area (Å²) in [4.78, 5) is 16.6. The molecular weight excluding hydrogens is 327 g/mol. The molecule has 0 aliphatic heterocycles. The molecule has 3 nitrogen and oxygen atoms in total. The van der Waals surface area contributed by atoms with Crippen LogP contribution in [0.15, 0.2) is 73.1 Å². The number of benzene rings is 2. The van der Waals surface area contributed by atoms with Crippen LogP contribution in [0.3, 0.4) is 0 Å². The molecule has 1 atom stereocenters. The van der Waals surface area contributed by atoms with Crippen molar-refractivity contribution in [3.05, 3.63) is 101 Å². The van der Waals surface area contributed by atoms with Crippen LogP contribution < -0.4 is 5.32 Å². The topological polar surface area (TPSA) is 42.0 Å². The summed E-state index contributed by atoms with van der Waals surface area (Å²) in [5.41, 5.74) is 1.63. The van der Waals surface area contributed by atoms with Crippen LogP contribution in [0.4, 0.5) is 4.39 Å². The Morgan fingerprint density at radius 3 is 2.42 bits per heavy atom. The first-order valence-corrected chi connectivity index (χ1v) is 7.74. The molecule has 1 N–H and O–H groups in total. The molecule has 24 heavy (non-hydrogen) atoms. The van der Waals surface area contributed by atoms with E-state index in [1.807, 2.05) is 18.2 Å².